The van der Waals surface area contributed by atoms with Crippen molar-refractivity contribution in [2.45, 2.75) is 12.8 Å². The number of ketones is 1. The van der Waals surface area contributed by atoms with Crippen LogP contribution in [0.4, 0.5) is 0 Å². The zero-order chi connectivity index (χ0) is 11.4. The summed E-state index contributed by atoms with van der Waals surface area (Å²) < 4.78 is 0. The van der Waals surface area contributed by atoms with Crippen LogP contribution in [0.25, 0.3) is 0 Å². The summed E-state index contributed by atoms with van der Waals surface area (Å²) in [7, 11) is 0. The average molecular weight is 215 g/mol. The van der Waals surface area contributed by atoms with Crippen LogP contribution in [-0.2, 0) is 0 Å². The SMILES string of the molecule is C=C1CCN(CC(=O)c2ccccc2)CC1. The molecule has 0 aliphatic carbocycles. The number of carbonyl (C=O) groups is 1. The van der Waals surface area contributed by atoms with Crippen molar-refractivity contribution in [2.24, 2.45) is 0 Å². The number of benzene rings is 1. The number of likely N-dealkylation sites (tertiary alicyclic amines) is 1. The zero-order valence-electron chi connectivity index (χ0n) is 9.48. The average Bonchev–Trinajstić information content (AvgIpc) is 2.33. The first-order valence-corrected chi connectivity index (χ1v) is 5.73. The second-order valence-electron chi connectivity index (χ2n) is 4.32. The second-order valence-corrected chi connectivity index (χ2v) is 4.32. The number of rotatable bonds is 3. The first-order valence-electron chi connectivity index (χ1n) is 5.73. The first kappa shape index (κ1) is 11.1. The minimum Gasteiger partial charge on any atom is -0.295 e. The van der Waals surface area contributed by atoms with Crippen molar-refractivity contribution < 1.29 is 4.79 Å². The molecule has 2 nitrogen and oxygen atoms in total. The van der Waals surface area contributed by atoms with Gasteiger partial charge in [0.1, 0.15) is 0 Å². The van der Waals surface area contributed by atoms with Gasteiger partial charge in [-0.2, -0.15) is 0 Å². The van der Waals surface area contributed by atoms with E-state index in [-0.39, 0.29) is 5.78 Å². The van der Waals surface area contributed by atoms with Gasteiger partial charge in [0.25, 0.3) is 0 Å². The highest BCUT2D eigenvalue weighted by molar-refractivity contribution is 5.97. The van der Waals surface area contributed by atoms with Crippen LogP contribution >= 0.6 is 0 Å². The third kappa shape index (κ3) is 2.80. The van der Waals surface area contributed by atoms with Gasteiger partial charge in [-0.05, 0) is 12.8 Å². The molecule has 0 N–H and O–H groups in total. The van der Waals surface area contributed by atoms with E-state index in [0.717, 1.165) is 31.5 Å². The molecule has 1 fully saturated rings. The molecule has 0 atom stereocenters. The van der Waals surface area contributed by atoms with E-state index < -0.39 is 0 Å². The lowest BCUT2D eigenvalue weighted by Gasteiger charge is -2.27. The van der Waals surface area contributed by atoms with Crippen molar-refractivity contribution in [2.75, 3.05) is 19.6 Å². The molecule has 0 aromatic heterocycles. The third-order valence-corrected chi connectivity index (χ3v) is 3.03. The fourth-order valence-electron chi connectivity index (χ4n) is 1.95. The largest absolute Gasteiger partial charge is 0.295 e. The molecule has 1 saturated heterocycles. The zero-order valence-corrected chi connectivity index (χ0v) is 9.48. The van der Waals surface area contributed by atoms with Gasteiger partial charge in [0, 0.05) is 18.7 Å². The van der Waals surface area contributed by atoms with Gasteiger partial charge >= 0.3 is 0 Å². The van der Waals surface area contributed by atoms with Crippen LogP contribution in [0.2, 0.25) is 0 Å². The maximum Gasteiger partial charge on any atom is 0.176 e. The molecule has 0 spiro atoms. The van der Waals surface area contributed by atoms with E-state index in [1.165, 1.54) is 5.57 Å². The molecule has 1 aliphatic heterocycles. The molecule has 0 bridgehead atoms. The van der Waals surface area contributed by atoms with Gasteiger partial charge in [-0.1, -0.05) is 42.5 Å². The lowest BCUT2D eigenvalue weighted by molar-refractivity contribution is 0.0925. The molecule has 1 aliphatic rings. The maximum absolute atomic E-state index is 11.9. The minimum atomic E-state index is 0.216. The van der Waals surface area contributed by atoms with Crippen LogP contribution in [0.3, 0.4) is 0 Å². The fraction of sp³-hybridized carbons (Fsp3) is 0.357. The van der Waals surface area contributed by atoms with Crippen molar-refractivity contribution in [1.29, 1.82) is 0 Å². The van der Waals surface area contributed by atoms with E-state index in [2.05, 4.69) is 11.5 Å². The highest BCUT2D eigenvalue weighted by Gasteiger charge is 2.16. The Morgan fingerprint density at radius 1 is 1.19 bits per heavy atom. The van der Waals surface area contributed by atoms with Crippen LogP contribution in [0.1, 0.15) is 23.2 Å². The molecule has 2 heteroatoms. The van der Waals surface area contributed by atoms with E-state index >= 15 is 0 Å². The molecule has 0 saturated carbocycles. The van der Waals surface area contributed by atoms with Crippen LogP contribution in [-0.4, -0.2) is 30.3 Å². The summed E-state index contributed by atoms with van der Waals surface area (Å²) in [6.07, 6.45) is 2.06. The van der Waals surface area contributed by atoms with Crippen molar-refractivity contribution in [3.05, 3.63) is 48.0 Å². The highest BCUT2D eigenvalue weighted by atomic mass is 16.1. The smallest absolute Gasteiger partial charge is 0.176 e. The Hall–Kier alpha value is -1.41. The van der Waals surface area contributed by atoms with Gasteiger partial charge in [-0.15, -0.1) is 0 Å². The van der Waals surface area contributed by atoms with E-state index in [0.29, 0.717) is 6.54 Å². The number of carbonyl (C=O) groups excluding carboxylic acids is 1. The first-order chi connectivity index (χ1) is 7.75. The second kappa shape index (κ2) is 5.08. The Kier molecular flexibility index (Phi) is 3.52. The number of piperidine rings is 1. The molecule has 0 amide bonds. The van der Waals surface area contributed by atoms with Gasteiger partial charge < -0.3 is 0 Å². The van der Waals surface area contributed by atoms with Gasteiger partial charge in [-0.25, -0.2) is 0 Å². The predicted molar refractivity (Wildman–Crippen MR) is 65.6 cm³/mol. The normalized spacial score (nSPS) is 17.4. The molecule has 1 aromatic carbocycles. The molecule has 84 valence electrons. The summed E-state index contributed by atoms with van der Waals surface area (Å²) >= 11 is 0. The molecular weight excluding hydrogens is 198 g/mol. The topological polar surface area (TPSA) is 20.3 Å². The van der Waals surface area contributed by atoms with E-state index in [4.69, 9.17) is 0 Å². The molecule has 1 aromatic rings. The summed E-state index contributed by atoms with van der Waals surface area (Å²) in [6, 6.07) is 9.51. The Labute approximate surface area is 96.6 Å². The van der Waals surface area contributed by atoms with Crippen molar-refractivity contribution >= 4 is 5.78 Å². The lowest BCUT2D eigenvalue weighted by Crippen LogP contribution is -2.35. The summed E-state index contributed by atoms with van der Waals surface area (Å²) in [5.41, 5.74) is 2.12. The number of nitrogens with zero attached hydrogens (tertiary/aromatic N) is 1. The Balaban J connectivity index is 1.91. The summed E-state index contributed by atoms with van der Waals surface area (Å²) in [5, 5.41) is 0. The van der Waals surface area contributed by atoms with E-state index in [1.54, 1.807) is 0 Å². The van der Waals surface area contributed by atoms with Gasteiger partial charge in [0.05, 0.1) is 6.54 Å². The minimum absolute atomic E-state index is 0.216. The monoisotopic (exact) mass is 215 g/mol. The Bertz CT molecular complexity index is 373. The van der Waals surface area contributed by atoms with Gasteiger partial charge in [-0.3, -0.25) is 9.69 Å². The van der Waals surface area contributed by atoms with Crippen molar-refractivity contribution in [3.63, 3.8) is 0 Å². The van der Waals surface area contributed by atoms with Gasteiger partial charge in [0.2, 0.25) is 0 Å². The fourth-order valence-corrected chi connectivity index (χ4v) is 1.95. The lowest BCUT2D eigenvalue weighted by atomic mass is 10.0. The van der Waals surface area contributed by atoms with E-state index in [1.807, 2.05) is 30.3 Å². The molecular formula is C14H17NO. The summed E-state index contributed by atoms with van der Waals surface area (Å²) in [4.78, 5) is 14.1. The third-order valence-electron chi connectivity index (χ3n) is 3.03. The number of hydrogen-bond acceptors (Lipinski definition) is 2. The summed E-state index contributed by atoms with van der Waals surface area (Å²) in [5.74, 6) is 0.216. The standard InChI is InChI=1S/C14H17NO/c1-12-7-9-15(10-8-12)11-14(16)13-5-3-2-4-6-13/h2-6H,1,7-11H2. The molecule has 16 heavy (non-hydrogen) atoms. The Morgan fingerprint density at radius 2 is 1.81 bits per heavy atom. The van der Waals surface area contributed by atoms with Crippen LogP contribution in [0.15, 0.2) is 42.5 Å². The van der Waals surface area contributed by atoms with Crippen LogP contribution < -0.4 is 0 Å². The molecule has 1 heterocycles. The van der Waals surface area contributed by atoms with Crippen LogP contribution in [0, 0.1) is 0 Å². The number of Topliss-reactive ketones (excluding diaryl/α,β-unsaturated/α-hetero) is 1. The summed E-state index contributed by atoms with van der Waals surface area (Å²) in [6.45, 7) is 6.45. The highest BCUT2D eigenvalue weighted by Crippen LogP contribution is 2.14. The maximum atomic E-state index is 11.9. The molecule has 0 radical (unpaired) electrons. The molecule has 2 rings (SSSR count). The van der Waals surface area contributed by atoms with Crippen LogP contribution in [0.5, 0.6) is 0 Å². The quantitative estimate of drug-likeness (QED) is 0.570. The number of hydrogen-bond donors (Lipinski definition) is 0. The predicted octanol–water partition coefficient (Wildman–Crippen LogP) is 2.52. The van der Waals surface area contributed by atoms with E-state index in [9.17, 15) is 4.79 Å². The Morgan fingerprint density at radius 3 is 2.44 bits per heavy atom. The van der Waals surface area contributed by atoms with Gasteiger partial charge in [0.15, 0.2) is 5.78 Å². The van der Waals surface area contributed by atoms with Crippen molar-refractivity contribution in [1.82, 2.24) is 4.90 Å². The molecule has 0 unspecified atom stereocenters. The van der Waals surface area contributed by atoms with Crippen molar-refractivity contribution in [3.8, 4) is 0 Å².